The molecule has 0 amide bonds. The highest BCUT2D eigenvalue weighted by atomic mass is 19.1. The van der Waals surface area contributed by atoms with Crippen LogP contribution in [0, 0.1) is 18.6 Å². The van der Waals surface area contributed by atoms with Crippen LogP contribution in [-0.4, -0.2) is 10.2 Å². The molecular formula is C10H9F2N3O. The number of hydrogen-bond donors (Lipinski definition) is 1. The standard InChI is InChI=1S/C10H9F2N3O/c1-6-14-15-10(16-6)5-13-9-3-2-7(11)4-8(9)12/h2-4,13H,5H2,1H3. The van der Waals surface area contributed by atoms with Crippen molar-refractivity contribution in [2.75, 3.05) is 5.32 Å². The van der Waals surface area contributed by atoms with Crippen molar-refractivity contribution in [3.63, 3.8) is 0 Å². The van der Waals surface area contributed by atoms with Gasteiger partial charge in [-0.3, -0.25) is 0 Å². The fraction of sp³-hybridized carbons (Fsp3) is 0.200. The van der Waals surface area contributed by atoms with E-state index in [-0.39, 0.29) is 12.2 Å². The smallest absolute Gasteiger partial charge is 0.235 e. The number of hydrogen-bond acceptors (Lipinski definition) is 4. The third-order valence-corrected chi connectivity index (χ3v) is 1.93. The van der Waals surface area contributed by atoms with Gasteiger partial charge in [0.2, 0.25) is 11.8 Å². The van der Waals surface area contributed by atoms with Crippen LogP contribution in [0.15, 0.2) is 22.6 Å². The van der Waals surface area contributed by atoms with Crippen LogP contribution >= 0.6 is 0 Å². The summed E-state index contributed by atoms with van der Waals surface area (Å²) in [4.78, 5) is 0. The number of halogens is 2. The second kappa shape index (κ2) is 4.26. The van der Waals surface area contributed by atoms with Gasteiger partial charge in [0.05, 0.1) is 12.2 Å². The lowest BCUT2D eigenvalue weighted by Gasteiger charge is -2.04. The third-order valence-electron chi connectivity index (χ3n) is 1.93. The van der Waals surface area contributed by atoms with Crippen LogP contribution in [0.3, 0.4) is 0 Å². The van der Waals surface area contributed by atoms with E-state index in [1.165, 1.54) is 12.1 Å². The van der Waals surface area contributed by atoms with E-state index >= 15 is 0 Å². The molecule has 84 valence electrons. The zero-order valence-electron chi connectivity index (χ0n) is 8.50. The molecule has 4 nitrogen and oxygen atoms in total. The molecule has 0 aliphatic heterocycles. The normalized spacial score (nSPS) is 10.4. The number of anilines is 1. The molecule has 0 radical (unpaired) electrons. The van der Waals surface area contributed by atoms with Crippen molar-refractivity contribution in [1.82, 2.24) is 10.2 Å². The molecule has 1 aromatic heterocycles. The van der Waals surface area contributed by atoms with E-state index < -0.39 is 11.6 Å². The summed E-state index contributed by atoms with van der Waals surface area (Å²) in [5.74, 6) is -0.481. The van der Waals surface area contributed by atoms with Gasteiger partial charge in [0.25, 0.3) is 0 Å². The van der Waals surface area contributed by atoms with Gasteiger partial charge < -0.3 is 9.73 Å². The predicted molar refractivity (Wildman–Crippen MR) is 52.7 cm³/mol. The van der Waals surface area contributed by atoms with Crippen molar-refractivity contribution >= 4 is 5.69 Å². The maximum atomic E-state index is 13.2. The SMILES string of the molecule is Cc1nnc(CNc2ccc(F)cc2F)o1. The first-order valence-corrected chi connectivity index (χ1v) is 4.63. The molecule has 0 spiro atoms. The summed E-state index contributed by atoms with van der Waals surface area (Å²) in [6.45, 7) is 1.86. The largest absolute Gasteiger partial charge is 0.424 e. The van der Waals surface area contributed by atoms with E-state index in [2.05, 4.69) is 15.5 Å². The van der Waals surface area contributed by atoms with Gasteiger partial charge in [-0.25, -0.2) is 8.78 Å². The Kier molecular flexibility index (Phi) is 2.80. The molecule has 0 bridgehead atoms. The van der Waals surface area contributed by atoms with Gasteiger partial charge in [-0.05, 0) is 12.1 Å². The molecule has 2 rings (SSSR count). The molecule has 0 unspecified atom stereocenters. The number of nitrogens with one attached hydrogen (secondary N) is 1. The molecule has 0 aliphatic rings. The zero-order valence-corrected chi connectivity index (χ0v) is 8.50. The Morgan fingerprint density at radius 3 is 2.75 bits per heavy atom. The first-order valence-electron chi connectivity index (χ1n) is 4.63. The summed E-state index contributed by atoms with van der Waals surface area (Å²) < 4.78 is 30.9. The molecular weight excluding hydrogens is 216 g/mol. The summed E-state index contributed by atoms with van der Waals surface area (Å²) in [5, 5.41) is 10.1. The second-order valence-corrected chi connectivity index (χ2v) is 3.19. The topological polar surface area (TPSA) is 51.0 Å². The lowest BCUT2D eigenvalue weighted by Crippen LogP contribution is -2.02. The van der Waals surface area contributed by atoms with Crippen molar-refractivity contribution in [3.8, 4) is 0 Å². The Hall–Kier alpha value is -1.98. The summed E-state index contributed by atoms with van der Waals surface area (Å²) in [5.41, 5.74) is 0.192. The molecule has 1 N–H and O–H groups in total. The van der Waals surface area contributed by atoms with E-state index in [1.807, 2.05) is 0 Å². The Morgan fingerprint density at radius 1 is 1.31 bits per heavy atom. The average molecular weight is 225 g/mol. The third kappa shape index (κ3) is 2.33. The number of benzene rings is 1. The maximum Gasteiger partial charge on any atom is 0.235 e. The molecule has 0 atom stereocenters. The predicted octanol–water partition coefficient (Wildman–Crippen LogP) is 2.27. The van der Waals surface area contributed by atoms with Crippen LogP contribution in [0.5, 0.6) is 0 Å². The van der Waals surface area contributed by atoms with Crippen molar-refractivity contribution in [3.05, 3.63) is 41.6 Å². The Labute approximate surface area is 90.3 Å². The van der Waals surface area contributed by atoms with Gasteiger partial charge >= 0.3 is 0 Å². The summed E-state index contributed by atoms with van der Waals surface area (Å²) in [6, 6.07) is 3.29. The van der Waals surface area contributed by atoms with Crippen molar-refractivity contribution in [2.45, 2.75) is 13.5 Å². The van der Waals surface area contributed by atoms with Crippen LogP contribution in [0.1, 0.15) is 11.8 Å². The maximum absolute atomic E-state index is 13.2. The van der Waals surface area contributed by atoms with E-state index in [0.29, 0.717) is 11.8 Å². The van der Waals surface area contributed by atoms with Gasteiger partial charge in [-0.15, -0.1) is 10.2 Å². The van der Waals surface area contributed by atoms with E-state index in [4.69, 9.17) is 4.42 Å². The number of aryl methyl sites for hydroxylation is 1. The van der Waals surface area contributed by atoms with Gasteiger partial charge in [-0.2, -0.15) is 0 Å². The highest BCUT2D eigenvalue weighted by Crippen LogP contribution is 2.15. The van der Waals surface area contributed by atoms with Gasteiger partial charge in [-0.1, -0.05) is 0 Å². The molecule has 1 heterocycles. The van der Waals surface area contributed by atoms with E-state index in [9.17, 15) is 8.78 Å². The Balaban J connectivity index is 2.04. The van der Waals surface area contributed by atoms with Crippen molar-refractivity contribution in [1.29, 1.82) is 0 Å². The molecule has 0 aliphatic carbocycles. The van der Waals surface area contributed by atoms with E-state index in [1.54, 1.807) is 6.92 Å². The van der Waals surface area contributed by atoms with Crippen LogP contribution < -0.4 is 5.32 Å². The fourth-order valence-corrected chi connectivity index (χ4v) is 1.21. The summed E-state index contributed by atoms with van der Waals surface area (Å²) in [6.07, 6.45) is 0. The minimum Gasteiger partial charge on any atom is -0.424 e. The Bertz CT molecular complexity index is 499. The molecule has 0 saturated carbocycles. The molecule has 0 fully saturated rings. The number of rotatable bonds is 3. The van der Waals surface area contributed by atoms with E-state index in [0.717, 1.165) is 6.07 Å². The summed E-state index contributed by atoms with van der Waals surface area (Å²) >= 11 is 0. The first kappa shape index (κ1) is 10.5. The lowest BCUT2D eigenvalue weighted by molar-refractivity contribution is 0.474. The highest BCUT2D eigenvalue weighted by Gasteiger charge is 2.05. The number of aromatic nitrogens is 2. The minimum absolute atomic E-state index is 0.192. The molecule has 1 aromatic carbocycles. The first-order chi connectivity index (χ1) is 7.65. The van der Waals surface area contributed by atoms with Crippen molar-refractivity contribution in [2.24, 2.45) is 0 Å². The van der Waals surface area contributed by atoms with Crippen LogP contribution in [0.2, 0.25) is 0 Å². The quantitative estimate of drug-likeness (QED) is 0.870. The Morgan fingerprint density at radius 2 is 2.12 bits per heavy atom. The van der Waals surface area contributed by atoms with Crippen LogP contribution in [0.25, 0.3) is 0 Å². The van der Waals surface area contributed by atoms with Crippen LogP contribution in [0.4, 0.5) is 14.5 Å². The summed E-state index contributed by atoms with van der Waals surface area (Å²) in [7, 11) is 0. The van der Waals surface area contributed by atoms with Gasteiger partial charge in [0.1, 0.15) is 11.6 Å². The number of nitrogens with zero attached hydrogens (tertiary/aromatic N) is 2. The molecule has 0 saturated heterocycles. The molecule has 6 heteroatoms. The monoisotopic (exact) mass is 225 g/mol. The lowest BCUT2D eigenvalue weighted by atomic mass is 10.3. The minimum atomic E-state index is -0.656. The van der Waals surface area contributed by atoms with Gasteiger partial charge in [0.15, 0.2) is 0 Å². The fourth-order valence-electron chi connectivity index (χ4n) is 1.21. The molecule has 2 aromatic rings. The van der Waals surface area contributed by atoms with Gasteiger partial charge in [0, 0.05) is 13.0 Å². The zero-order chi connectivity index (χ0) is 11.5. The van der Waals surface area contributed by atoms with Crippen LogP contribution in [-0.2, 0) is 6.54 Å². The second-order valence-electron chi connectivity index (χ2n) is 3.19. The highest BCUT2D eigenvalue weighted by molar-refractivity contribution is 5.44. The van der Waals surface area contributed by atoms with Crippen molar-refractivity contribution < 1.29 is 13.2 Å². The molecule has 16 heavy (non-hydrogen) atoms. The average Bonchev–Trinajstić information content (AvgIpc) is 2.63.